The van der Waals surface area contributed by atoms with Crippen LogP contribution in [0.25, 0.3) is 0 Å². The van der Waals surface area contributed by atoms with Crippen LogP contribution in [-0.4, -0.2) is 39.4 Å². The van der Waals surface area contributed by atoms with Crippen molar-refractivity contribution in [2.24, 2.45) is 5.73 Å². The normalized spacial score (nSPS) is 11.3. The van der Waals surface area contributed by atoms with Gasteiger partial charge in [-0.25, -0.2) is 12.8 Å². The van der Waals surface area contributed by atoms with E-state index in [2.05, 4.69) is 0 Å². The quantitative estimate of drug-likeness (QED) is 0.829. The number of sulfone groups is 1. The molecule has 1 aromatic carbocycles. The first kappa shape index (κ1) is 15.6. The topological polar surface area (TPSA) is 80.5 Å². The summed E-state index contributed by atoms with van der Waals surface area (Å²) in [7, 11) is -3.46. The molecule has 0 aromatic heterocycles. The first-order valence-corrected chi connectivity index (χ1v) is 7.84. The van der Waals surface area contributed by atoms with Gasteiger partial charge in [0.2, 0.25) is 5.91 Å². The Morgan fingerprint density at radius 1 is 1.37 bits per heavy atom. The molecule has 106 valence electrons. The number of carbonyl (C=O) groups excluding carboxylic acids is 1. The fourth-order valence-electron chi connectivity index (χ4n) is 1.60. The molecule has 0 radical (unpaired) electrons. The maximum atomic E-state index is 13.7. The molecule has 1 amide bonds. The lowest BCUT2D eigenvalue weighted by atomic mass is 10.2. The van der Waals surface area contributed by atoms with Crippen LogP contribution < -0.4 is 10.6 Å². The molecule has 0 heterocycles. The minimum absolute atomic E-state index is 0.0737. The number of anilines is 1. The SMILES string of the molecule is CS(=O)(=O)CC(=O)N(CCCN)c1ccccc1F. The van der Waals surface area contributed by atoms with Crippen molar-refractivity contribution in [2.45, 2.75) is 6.42 Å². The predicted molar refractivity (Wildman–Crippen MR) is 72.1 cm³/mol. The fraction of sp³-hybridized carbons (Fsp3) is 0.417. The van der Waals surface area contributed by atoms with Crippen LogP contribution in [0, 0.1) is 5.82 Å². The second-order valence-corrected chi connectivity index (χ2v) is 6.35. The van der Waals surface area contributed by atoms with Crippen LogP contribution in [-0.2, 0) is 14.6 Å². The minimum atomic E-state index is -3.46. The van der Waals surface area contributed by atoms with Crippen molar-refractivity contribution < 1.29 is 17.6 Å². The molecule has 0 spiro atoms. The van der Waals surface area contributed by atoms with E-state index >= 15 is 0 Å². The molecular formula is C12H17FN2O3S. The Balaban J connectivity index is 3.01. The van der Waals surface area contributed by atoms with Crippen molar-refractivity contribution in [2.75, 3.05) is 30.0 Å². The Hall–Kier alpha value is -1.47. The Bertz CT molecular complexity index is 546. The van der Waals surface area contributed by atoms with E-state index in [4.69, 9.17) is 5.73 Å². The van der Waals surface area contributed by atoms with Gasteiger partial charge in [0.25, 0.3) is 0 Å². The fourth-order valence-corrected chi connectivity index (χ4v) is 2.21. The Morgan fingerprint density at radius 3 is 2.53 bits per heavy atom. The zero-order chi connectivity index (χ0) is 14.5. The summed E-state index contributed by atoms with van der Waals surface area (Å²) in [6.07, 6.45) is 1.43. The van der Waals surface area contributed by atoms with Crippen LogP contribution in [0.4, 0.5) is 10.1 Å². The van der Waals surface area contributed by atoms with Crippen molar-refractivity contribution in [3.63, 3.8) is 0 Å². The van der Waals surface area contributed by atoms with Gasteiger partial charge in [-0.05, 0) is 25.1 Å². The van der Waals surface area contributed by atoms with Gasteiger partial charge in [-0.3, -0.25) is 4.79 Å². The lowest BCUT2D eigenvalue weighted by Crippen LogP contribution is -2.37. The van der Waals surface area contributed by atoms with Crippen LogP contribution in [0.3, 0.4) is 0 Å². The molecule has 7 heteroatoms. The van der Waals surface area contributed by atoms with Gasteiger partial charge < -0.3 is 10.6 Å². The summed E-state index contributed by atoms with van der Waals surface area (Å²) in [6.45, 7) is 0.517. The van der Waals surface area contributed by atoms with Crippen molar-refractivity contribution in [1.82, 2.24) is 0 Å². The van der Waals surface area contributed by atoms with Crippen molar-refractivity contribution >= 4 is 21.4 Å². The third-order valence-corrected chi connectivity index (χ3v) is 3.19. The number of rotatable bonds is 6. The van der Waals surface area contributed by atoms with Gasteiger partial charge >= 0.3 is 0 Å². The number of benzene rings is 1. The molecule has 0 fully saturated rings. The highest BCUT2D eigenvalue weighted by Gasteiger charge is 2.21. The number of hydrogen-bond donors (Lipinski definition) is 1. The standard InChI is InChI=1S/C12H17FN2O3S/c1-19(17,18)9-12(16)15(8-4-7-14)11-6-3-2-5-10(11)13/h2-3,5-6H,4,7-9,14H2,1H3. The summed E-state index contributed by atoms with van der Waals surface area (Å²) in [5.41, 5.74) is 5.44. The molecular weight excluding hydrogens is 271 g/mol. The number of nitrogens with two attached hydrogens (primary N) is 1. The van der Waals surface area contributed by atoms with Crippen LogP contribution in [0.1, 0.15) is 6.42 Å². The van der Waals surface area contributed by atoms with E-state index in [9.17, 15) is 17.6 Å². The van der Waals surface area contributed by atoms with Crippen molar-refractivity contribution in [1.29, 1.82) is 0 Å². The molecule has 19 heavy (non-hydrogen) atoms. The molecule has 0 aliphatic carbocycles. The van der Waals surface area contributed by atoms with E-state index in [-0.39, 0.29) is 12.2 Å². The molecule has 5 nitrogen and oxygen atoms in total. The third kappa shape index (κ3) is 4.96. The number of halogens is 1. The number of para-hydroxylation sites is 1. The van der Waals surface area contributed by atoms with Gasteiger partial charge in [0.15, 0.2) is 9.84 Å². The first-order chi connectivity index (χ1) is 8.85. The summed E-state index contributed by atoms with van der Waals surface area (Å²) in [4.78, 5) is 13.1. The highest BCUT2D eigenvalue weighted by Crippen LogP contribution is 2.19. The van der Waals surface area contributed by atoms with Crippen LogP contribution in [0.15, 0.2) is 24.3 Å². The molecule has 1 aromatic rings. The molecule has 0 aliphatic heterocycles. The smallest absolute Gasteiger partial charge is 0.242 e. The van der Waals surface area contributed by atoms with E-state index in [1.807, 2.05) is 0 Å². The monoisotopic (exact) mass is 288 g/mol. The van der Waals surface area contributed by atoms with E-state index in [0.29, 0.717) is 13.0 Å². The van der Waals surface area contributed by atoms with Crippen molar-refractivity contribution in [3.8, 4) is 0 Å². The van der Waals surface area contributed by atoms with Gasteiger partial charge in [-0.2, -0.15) is 0 Å². The van der Waals surface area contributed by atoms with E-state index in [1.165, 1.54) is 18.2 Å². The average molecular weight is 288 g/mol. The predicted octanol–water partition coefficient (Wildman–Crippen LogP) is 0.552. The van der Waals surface area contributed by atoms with Gasteiger partial charge in [-0.15, -0.1) is 0 Å². The Labute approximate surface area is 112 Å². The van der Waals surface area contributed by atoms with Gasteiger partial charge in [0, 0.05) is 12.8 Å². The molecule has 2 N–H and O–H groups in total. The average Bonchev–Trinajstić information content (AvgIpc) is 2.29. The highest BCUT2D eigenvalue weighted by atomic mass is 32.2. The van der Waals surface area contributed by atoms with E-state index < -0.39 is 27.3 Å². The van der Waals surface area contributed by atoms with Crippen molar-refractivity contribution in [3.05, 3.63) is 30.1 Å². The summed E-state index contributed by atoms with van der Waals surface area (Å²) in [5, 5.41) is 0. The van der Waals surface area contributed by atoms with Gasteiger partial charge in [-0.1, -0.05) is 12.1 Å². The van der Waals surface area contributed by atoms with Crippen LogP contribution in [0.2, 0.25) is 0 Å². The molecule has 0 saturated heterocycles. The first-order valence-electron chi connectivity index (χ1n) is 5.78. The second kappa shape index (κ2) is 6.63. The summed E-state index contributed by atoms with van der Waals surface area (Å²) >= 11 is 0. The maximum absolute atomic E-state index is 13.7. The zero-order valence-corrected chi connectivity index (χ0v) is 11.5. The summed E-state index contributed by atoms with van der Waals surface area (Å²) in [5.74, 6) is -1.87. The van der Waals surface area contributed by atoms with E-state index in [1.54, 1.807) is 6.07 Å². The second-order valence-electron chi connectivity index (χ2n) is 4.21. The van der Waals surface area contributed by atoms with E-state index in [0.717, 1.165) is 11.2 Å². The van der Waals surface area contributed by atoms with Crippen LogP contribution in [0.5, 0.6) is 0 Å². The Morgan fingerprint density at radius 2 is 2.00 bits per heavy atom. The number of nitrogens with zero attached hydrogens (tertiary/aromatic N) is 1. The number of hydrogen-bond acceptors (Lipinski definition) is 4. The maximum Gasteiger partial charge on any atom is 0.242 e. The zero-order valence-electron chi connectivity index (χ0n) is 10.7. The summed E-state index contributed by atoms with van der Waals surface area (Å²) in [6, 6.07) is 5.74. The summed E-state index contributed by atoms with van der Waals surface area (Å²) < 4.78 is 36.0. The Kier molecular flexibility index (Phi) is 5.44. The largest absolute Gasteiger partial charge is 0.330 e. The molecule has 0 unspecified atom stereocenters. The van der Waals surface area contributed by atoms with Gasteiger partial charge in [0.05, 0.1) is 5.69 Å². The van der Waals surface area contributed by atoms with Gasteiger partial charge in [0.1, 0.15) is 11.6 Å². The molecule has 0 atom stereocenters. The number of amides is 1. The molecule has 1 rings (SSSR count). The highest BCUT2D eigenvalue weighted by molar-refractivity contribution is 7.91. The lowest BCUT2D eigenvalue weighted by Gasteiger charge is -2.22. The molecule has 0 aliphatic rings. The minimum Gasteiger partial charge on any atom is -0.330 e. The van der Waals surface area contributed by atoms with Crippen LogP contribution >= 0.6 is 0 Å². The molecule has 0 saturated carbocycles. The lowest BCUT2D eigenvalue weighted by molar-refractivity contribution is -0.116. The molecule has 0 bridgehead atoms. The third-order valence-electron chi connectivity index (χ3n) is 2.42. The number of carbonyl (C=O) groups is 1.